The van der Waals surface area contributed by atoms with Crippen LogP contribution in [0.2, 0.25) is 0 Å². The average molecular weight is 350 g/mol. The molecular weight excluding hydrogens is 331 g/mol. The third-order valence-electron chi connectivity index (χ3n) is 4.84. The van der Waals surface area contributed by atoms with Gasteiger partial charge in [-0.2, -0.15) is 5.10 Å². The number of hydrogen-bond donors (Lipinski definition) is 1. The Hall–Kier alpha value is -3.02. The van der Waals surface area contributed by atoms with Crippen molar-refractivity contribution in [3.63, 3.8) is 0 Å². The highest BCUT2D eigenvalue weighted by Crippen LogP contribution is 2.32. The smallest absolute Gasteiger partial charge is 0.254 e. The van der Waals surface area contributed by atoms with Crippen LogP contribution in [0.3, 0.4) is 0 Å². The van der Waals surface area contributed by atoms with E-state index in [1.165, 1.54) is 18.5 Å². The minimum absolute atomic E-state index is 0.00291. The Labute approximate surface area is 150 Å². The fourth-order valence-electron chi connectivity index (χ4n) is 3.49. The van der Waals surface area contributed by atoms with Gasteiger partial charge in [-0.25, -0.2) is 9.37 Å². The summed E-state index contributed by atoms with van der Waals surface area (Å²) < 4.78 is 13.2. The molecular formula is C20H19FN4O. The van der Waals surface area contributed by atoms with Crippen molar-refractivity contribution in [3.05, 3.63) is 71.8 Å². The SMILES string of the molecule is O=C(c1ccc(-c2ncn[nH]2)cc1)N1CCCCC1c1ccc(F)cc1. The van der Waals surface area contributed by atoms with E-state index in [4.69, 9.17) is 0 Å². The lowest BCUT2D eigenvalue weighted by molar-refractivity contribution is 0.0611. The highest BCUT2D eigenvalue weighted by molar-refractivity contribution is 5.95. The fourth-order valence-corrected chi connectivity index (χ4v) is 3.49. The zero-order valence-electron chi connectivity index (χ0n) is 14.2. The minimum Gasteiger partial charge on any atom is -0.332 e. The van der Waals surface area contributed by atoms with Crippen LogP contribution in [0.4, 0.5) is 4.39 Å². The van der Waals surface area contributed by atoms with E-state index in [9.17, 15) is 9.18 Å². The molecule has 1 fully saturated rings. The molecule has 1 unspecified atom stereocenters. The molecule has 0 spiro atoms. The molecule has 5 nitrogen and oxygen atoms in total. The lowest BCUT2D eigenvalue weighted by atomic mass is 9.94. The summed E-state index contributed by atoms with van der Waals surface area (Å²) in [6.07, 6.45) is 4.40. The molecule has 4 rings (SSSR count). The van der Waals surface area contributed by atoms with Gasteiger partial charge < -0.3 is 4.90 Å². The Morgan fingerprint density at radius 2 is 1.85 bits per heavy atom. The summed E-state index contributed by atoms with van der Waals surface area (Å²) in [5, 5.41) is 6.65. The van der Waals surface area contributed by atoms with Crippen LogP contribution in [0.15, 0.2) is 54.9 Å². The lowest BCUT2D eigenvalue weighted by Crippen LogP contribution is -2.38. The fraction of sp³-hybridized carbons (Fsp3) is 0.250. The standard InChI is InChI=1S/C20H19FN4O/c21-17-10-8-14(9-11-17)18-3-1-2-12-25(18)20(26)16-6-4-15(5-7-16)19-22-13-23-24-19/h4-11,13,18H,1-3,12H2,(H,22,23,24). The molecule has 1 aromatic heterocycles. The number of piperidine rings is 1. The number of rotatable bonds is 3. The van der Waals surface area contributed by atoms with Gasteiger partial charge in [-0.1, -0.05) is 24.3 Å². The van der Waals surface area contributed by atoms with Crippen molar-refractivity contribution in [2.75, 3.05) is 6.54 Å². The third-order valence-corrected chi connectivity index (χ3v) is 4.84. The normalized spacial score (nSPS) is 17.3. The number of nitrogens with one attached hydrogen (secondary N) is 1. The number of carbonyl (C=O) groups excluding carboxylic acids is 1. The van der Waals surface area contributed by atoms with Gasteiger partial charge in [0.05, 0.1) is 6.04 Å². The average Bonchev–Trinajstić information content (AvgIpc) is 3.23. The summed E-state index contributed by atoms with van der Waals surface area (Å²) in [6, 6.07) is 13.8. The number of benzene rings is 2. The second kappa shape index (κ2) is 7.07. The van der Waals surface area contributed by atoms with E-state index >= 15 is 0 Å². The molecule has 1 N–H and O–H groups in total. The topological polar surface area (TPSA) is 61.9 Å². The van der Waals surface area contributed by atoms with Crippen molar-refractivity contribution in [3.8, 4) is 11.4 Å². The Bertz CT molecular complexity index is 875. The van der Waals surface area contributed by atoms with Gasteiger partial charge in [-0.15, -0.1) is 0 Å². The van der Waals surface area contributed by atoms with Crippen molar-refractivity contribution in [2.45, 2.75) is 25.3 Å². The first-order valence-corrected chi connectivity index (χ1v) is 8.74. The number of H-pyrrole nitrogens is 1. The quantitative estimate of drug-likeness (QED) is 0.777. The zero-order valence-corrected chi connectivity index (χ0v) is 14.2. The monoisotopic (exact) mass is 350 g/mol. The minimum atomic E-state index is -0.259. The van der Waals surface area contributed by atoms with Gasteiger partial charge in [0.15, 0.2) is 5.82 Å². The van der Waals surface area contributed by atoms with Crippen LogP contribution in [0, 0.1) is 5.82 Å². The Morgan fingerprint density at radius 3 is 2.54 bits per heavy atom. The van der Waals surface area contributed by atoms with E-state index in [0.717, 1.165) is 30.4 Å². The molecule has 2 aromatic carbocycles. The number of likely N-dealkylation sites (tertiary alicyclic amines) is 1. The molecule has 0 saturated carbocycles. The van der Waals surface area contributed by atoms with E-state index in [1.54, 1.807) is 12.1 Å². The summed E-state index contributed by atoms with van der Waals surface area (Å²) in [6.45, 7) is 0.713. The lowest BCUT2D eigenvalue weighted by Gasteiger charge is -2.36. The third kappa shape index (κ3) is 3.22. The van der Waals surface area contributed by atoms with Crippen molar-refractivity contribution in [1.82, 2.24) is 20.1 Å². The maximum absolute atomic E-state index is 13.2. The molecule has 0 radical (unpaired) electrons. The van der Waals surface area contributed by atoms with Crippen LogP contribution in [0.5, 0.6) is 0 Å². The molecule has 26 heavy (non-hydrogen) atoms. The van der Waals surface area contributed by atoms with Crippen LogP contribution in [-0.2, 0) is 0 Å². The summed E-state index contributed by atoms with van der Waals surface area (Å²) in [4.78, 5) is 19.1. The summed E-state index contributed by atoms with van der Waals surface area (Å²) in [5.41, 5.74) is 2.51. The van der Waals surface area contributed by atoms with Crippen molar-refractivity contribution in [1.29, 1.82) is 0 Å². The first-order valence-electron chi connectivity index (χ1n) is 8.74. The molecule has 6 heteroatoms. The number of carbonyl (C=O) groups is 1. The van der Waals surface area contributed by atoms with Crippen LogP contribution in [0.1, 0.15) is 41.2 Å². The molecule has 0 bridgehead atoms. The number of halogens is 1. The first kappa shape index (κ1) is 16.4. The highest BCUT2D eigenvalue weighted by Gasteiger charge is 2.28. The Balaban J connectivity index is 1.58. The van der Waals surface area contributed by atoms with Gasteiger partial charge in [0, 0.05) is 17.7 Å². The van der Waals surface area contributed by atoms with Gasteiger partial charge in [-0.3, -0.25) is 9.89 Å². The first-order chi connectivity index (χ1) is 12.7. The number of amides is 1. The summed E-state index contributed by atoms with van der Waals surface area (Å²) in [7, 11) is 0. The number of hydrogen-bond acceptors (Lipinski definition) is 3. The predicted molar refractivity (Wildman–Crippen MR) is 95.8 cm³/mol. The Morgan fingerprint density at radius 1 is 1.08 bits per heavy atom. The van der Waals surface area contributed by atoms with E-state index < -0.39 is 0 Å². The van der Waals surface area contributed by atoms with Crippen LogP contribution in [0.25, 0.3) is 11.4 Å². The summed E-state index contributed by atoms with van der Waals surface area (Å²) in [5.74, 6) is 0.416. The van der Waals surface area contributed by atoms with Gasteiger partial charge in [-0.05, 0) is 49.1 Å². The number of aromatic nitrogens is 3. The number of nitrogens with zero attached hydrogens (tertiary/aromatic N) is 3. The summed E-state index contributed by atoms with van der Waals surface area (Å²) >= 11 is 0. The van der Waals surface area contributed by atoms with E-state index in [0.29, 0.717) is 17.9 Å². The highest BCUT2D eigenvalue weighted by atomic mass is 19.1. The van der Waals surface area contributed by atoms with Gasteiger partial charge in [0.1, 0.15) is 12.1 Å². The van der Waals surface area contributed by atoms with Crippen LogP contribution >= 0.6 is 0 Å². The molecule has 1 amide bonds. The molecule has 3 aromatic rings. The maximum atomic E-state index is 13.2. The molecule has 1 aliphatic rings. The van der Waals surface area contributed by atoms with Crippen molar-refractivity contribution < 1.29 is 9.18 Å². The van der Waals surface area contributed by atoms with Crippen LogP contribution < -0.4 is 0 Å². The van der Waals surface area contributed by atoms with E-state index in [-0.39, 0.29) is 17.8 Å². The number of aromatic amines is 1. The maximum Gasteiger partial charge on any atom is 0.254 e. The Kier molecular flexibility index (Phi) is 4.48. The second-order valence-corrected chi connectivity index (χ2v) is 6.47. The molecule has 1 atom stereocenters. The zero-order chi connectivity index (χ0) is 17.9. The molecule has 1 saturated heterocycles. The van der Waals surface area contributed by atoms with E-state index in [2.05, 4.69) is 15.2 Å². The van der Waals surface area contributed by atoms with E-state index in [1.807, 2.05) is 29.2 Å². The van der Waals surface area contributed by atoms with Gasteiger partial charge in [0.2, 0.25) is 0 Å². The second-order valence-electron chi connectivity index (χ2n) is 6.47. The van der Waals surface area contributed by atoms with Gasteiger partial charge in [0.25, 0.3) is 5.91 Å². The molecule has 132 valence electrons. The molecule has 0 aliphatic carbocycles. The van der Waals surface area contributed by atoms with Crippen LogP contribution in [-0.4, -0.2) is 32.5 Å². The molecule has 2 heterocycles. The van der Waals surface area contributed by atoms with Crippen molar-refractivity contribution >= 4 is 5.91 Å². The van der Waals surface area contributed by atoms with Crippen molar-refractivity contribution in [2.24, 2.45) is 0 Å². The molecule has 1 aliphatic heterocycles. The largest absolute Gasteiger partial charge is 0.332 e. The van der Waals surface area contributed by atoms with Gasteiger partial charge >= 0.3 is 0 Å². The predicted octanol–water partition coefficient (Wildman–Crippen LogP) is 3.98.